The van der Waals surface area contributed by atoms with Crippen LogP contribution in [0.2, 0.25) is 5.02 Å². The average molecular weight is 438 g/mol. The molecule has 6 nitrogen and oxygen atoms in total. The lowest BCUT2D eigenvalue weighted by atomic mass is 10.1. The Kier molecular flexibility index (Phi) is 5.95. The van der Waals surface area contributed by atoms with Crippen molar-refractivity contribution in [3.8, 4) is 22.9 Å². The number of pyridine rings is 1. The Balaban J connectivity index is 1.55. The van der Waals surface area contributed by atoms with E-state index in [0.29, 0.717) is 38.9 Å². The Morgan fingerprint density at radius 2 is 2.00 bits per heavy atom. The van der Waals surface area contributed by atoms with Crippen molar-refractivity contribution < 1.29 is 18.4 Å². The Labute approximate surface area is 182 Å². The van der Waals surface area contributed by atoms with Crippen molar-refractivity contribution in [2.45, 2.75) is 13.5 Å². The fraction of sp³-hybridized carbons (Fsp3) is 0.0870. The number of ether oxygens (including phenoxy) is 1. The molecule has 4 rings (SSSR count). The first-order chi connectivity index (χ1) is 15.0. The zero-order chi connectivity index (χ0) is 21.8. The van der Waals surface area contributed by atoms with Gasteiger partial charge >= 0.3 is 0 Å². The van der Waals surface area contributed by atoms with E-state index in [9.17, 15) is 9.18 Å². The van der Waals surface area contributed by atoms with Crippen LogP contribution in [0.4, 0.5) is 4.39 Å². The van der Waals surface area contributed by atoms with Crippen LogP contribution in [0, 0.1) is 12.7 Å². The van der Waals surface area contributed by atoms with Gasteiger partial charge in [0.2, 0.25) is 5.88 Å². The van der Waals surface area contributed by atoms with Crippen LogP contribution in [-0.2, 0) is 6.54 Å². The van der Waals surface area contributed by atoms with E-state index in [1.807, 2.05) is 0 Å². The molecule has 1 amide bonds. The van der Waals surface area contributed by atoms with Gasteiger partial charge in [0.05, 0.1) is 5.02 Å². The van der Waals surface area contributed by atoms with E-state index < -0.39 is 5.82 Å². The molecular formula is C23H17ClFN3O3. The lowest BCUT2D eigenvalue weighted by molar-refractivity contribution is 0.0949. The van der Waals surface area contributed by atoms with Gasteiger partial charge in [-0.05, 0) is 31.2 Å². The third-order valence-electron chi connectivity index (χ3n) is 4.52. The number of carbonyl (C=O) groups is 1. The summed E-state index contributed by atoms with van der Waals surface area (Å²) in [4.78, 5) is 17.1. The van der Waals surface area contributed by atoms with Crippen molar-refractivity contribution in [2.75, 3.05) is 0 Å². The van der Waals surface area contributed by atoms with Gasteiger partial charge in [0.1, 0.15) is 28.6 Å². The molecule has 31 heavy (non-hydrogen) atoms. The summed E-state index contributed by atoms with van der Waals surface area (Å²) in [7, 11) is 0. The number of aryl methyl sites for hydroxylation is 1. The zero-order valence-electron chi connectivity index (χ0n) is 16.4. The van der Waals surface area contributed by atoms with E-state index >= 15 is 0 Å². The monoisotopic (exact) mass is 437 g/mol. The summed E-state index contributed by atoms with van der Waals surface area (Å²) in [6, 6.07) is 16.3. The van der Waals surface area contributed by atoms with E-state index in [1.165, 1.54) is 12.1 Å². The molecule has 2 heterocycles. The molecule has 1 N–H and O–H groups in total. The summed E-state index contributed by atoms with van der Waals surface area (Å²) in [5.74, 6) is 0.145. The maximum Gasteiger partial charge on any atom is 0.257 e. The molecule has 2 aromatic carbocycles. The van der Waals surface area contributed by atoms with Gasteiger partial charge in [-0.3, -0.25) is 4.79 Å². The second-order valence-corrected chi connectivity index (χ2v) is 7.06. The minimum atomic E-state index is -0.418. The third kappa shape index (κ3) is 4.57. The normalized spacial score (nSPS) is 10.7. The highest BCUT2D eigenvalue weighted by Crippen LogP contribution is 2.31. The molecule has 0 atom stereocenters. The van der Waals surface area contributed by atoms with Crippen LogP contribution in [0.25, 0.3) is 11.3 Å². The van der Waals surface area contributed by atoms with Crippen LogP contribution in [0.5, 0.6) is 11.6 Å². The second kappa shape index (κ2) is 8.97. The van der Waals surface area contributed by atoms with Crippen molar-refractivity contribution in [3.63, 3.8) is 0 Å². The Morgan fingerprint density at radius 1 is 1.16 bits per heavy atom. The second-order valence-electron chi connectivity index (χ2n) is 6.65. The highest BCUT2D eigenvalue weighted by atomic mass is 35.5. The molecule has 8 heteroatoms. The van der Waals surface area contributed by atoms with Crippen LogP contribution in [0.3, 0.4) is 0 Å². The van der Waals surface area contributed by atoms with Gasteiger partial charge in [-0.1, -0.05) is 47.1 Å². The number of aromatic nitrogens is 2. The van der Waals surface area contributed by atoms with Gasteiger partial charge in [0, 0.05) is 29.9 Å². The maximum absolute atomic E-state index is 13.4. The number of amides is 1. The largest absolute Gasteiger partial charge is 0.439 e. The van der Waals surface area contributed by atoms with Crippen molar-refractivity contribution in [3.05, 3.63) is 94.6 Å². The Hall–Kier alpha value is -3.71. The highest BCUT2D eigenvalue weighted by Gasteiger charge is 2.23. The number of nitrogens with zero attached hydrogens (tertiary/aromatic N) is 2. The van der Waals surface area contributed by atoms with Crippen LogP contribution in [-0.4, -0.2) is 16.0 Å². The van der Waals surface area contributed by atoms with E-state index in [0.717, 1.165) is 0 Å². The average Bonchev–Trinajstić information content (AvgIpc) is 3.14. The van der Waals surface area contributed by atoms with Crippen molar-refractivity contribution in [1.82, 2.24) is 15.5 Å². The summed E-state index contributed by atoms with van der Waals surface area (Å²) in [6.07, 6.45) is 1.56. The van der Waals surface area contributed by atoms with E-state index in [2.05, 4.69) is 15.5 Å². The first-order valence-electron chi connectivity index (χ1n) is 9.39. The van der Waals surface area contributed by atoms with E-state index in [4.69, 9.17) is 20.9 Å². The molecule has 156 valence electrons. The topological polar surface area (TPSA) is 77.3 Å². The van der Waals surface area contributed by atoms with Crippen molar-refractivity contribution in [1.29, 1.82) is 0 Å². The predicted octanol–water partition coefficient (Wildman–Crippen LogP) is 5.56. The maximum atomic E-state index is 13.4. The van der Waals surface area contributed by atoms with Gasteiger partial charge in [0.15, 0.2) is 0 Å². The zero-order valence-corrected chi connectivity index (χ0v) is 17.2. The van der Waals surface area contributed by atoms with Crippen molar-refractivity contribution >= 4 is 17.5 Å². The lowest BCUT2D eigenvalue weighted by Gasteiger charge is -2.11. The smallest absolute Gasteiger partial charge is 0.257 e. The van der Waals surface area contributed by atoms with Gasteiger partial charge in [-0.25, -0.2) is 9.37 Å². The third-order valence-corrected chi connectivity index (χ3v) is 4.85. The summed E-state index contributed by atoms with van der Waals surface area (Å²) in [5.41, 5.74) is 1.88. The molecule has 4 aromatic rings. The minimum absolute atomic E-state index is 0.129. The molecule has 0 aliphatic carbocycles. The van der Waals surface area contributed by atoms with Gasteiger partial charge < -0.3 is 14.6 Å². The molecular weight excluding hydrogens is 421 g/mol. The van der Waals surface area contributed by atoms with Crippen LogP contribution >= 0.6 is 11.6 Å². The first kappa shape index (κ1) is 20.6. The number of hydrogen-bond donors (Lipinski definition) is 1. The number of halogens is 2. The predicted molar refractivity (Wildman–Crippen MR) is 114 cm³/mol. The lowest BCUT2D eigenvalue weighted by Crippen LogP contribution is -2.24. The Bertz CT molecular complexity index is 1240. The van der Waals surface area contributed by atoms with Crippen LogP contribution < -0.4 is 10.1 Å². The van der Waals surface area contributed by atoms with Gasteiger partial charge in [-0.15, -0.1) is 0 Å². The molecule has 0 aliphatic rings. The molecule has 0 fully saturated rings. The molecule has 0 saturated carbocycles. The first-order valence-corrected chi connectivity index (χ1v) is 9.77. The fourth-order valence-corrected chi connectivity index (χ4v) is 3.26. The standard InChI is InChI=1S/C23H17ClFN3O3/c1-14-20(21(28-31-14)18-9-2-3-10-19(18)24)22(29)27-13-15-6-5-11-26-23(15)30-17-8-4-7-16(25)12-17/h2-12H,13H2,1H3,(H,27,29). The number of carbonyl (C=O) groups excluding carboxylic acids is 1. The summed E-state index contributed by atoms with van der Waals surface area (Å²) >= 11 is 6.26. The van der Waals surface area contributed by atoms with Gasteiger partial charge in [-0.2, -0.15) is 0 Å². The number of benzene rings is 2. The van der Waals surface area contributed by atoms with E-state index in [1.54, 1.807) is 61.7 Å². The molecule has 2 aromatic heterocycles. The molecule has 0 aliphatic heterocycles. The number of nitrogens with one attached hydrogen (secondary N) is 1. The van der Waals surface area contributed by atoms with Gasteiger partial charge in [0.25, 0.3) is 5.91 Å². The quantitative estimate of drug-likeness (QED) is 0.427. The number of rotatable bonds is 6. The molecule has 0 saturated heterocycles. The molecule has 0 radical (unpaired) electrons. The van der Waals surface area contributed by atoms with Crippen LogP contribution in [0.15, 0.2) is 71.4 Å². The van der Waals surface area contributed by atoms with E-state index in [-0.39, 0.29) is 18.3 Å². The minimum Gasteiger partial charge on any atom is -0.439 e. The SMILES string of the molecule is Cc1onc(-c2ccccc2Cl)c1C(=O)NCc1cccnc1Oc1cccc(F)c1. The fourth-order valence-electron chi connectivity index (χ4n) is 3.03. The number of hydrogen-bond acceptors (Lipinski definition) is 5. The molecule has 0 spiro atoms. The Morgan fingerprint density at radius 3 is 2.81 bits per heavy atom. The summed E-state index contributed by atoms with van der Waals surface area (Å²) < 4.78 is 24.4. The molecule has 0 bridgehead atoms. The highest BCUT2D eigenvalue weighted by molar-refractivity contribution is 6.33. The summed E-state index contributed by atoms with van der Waals surface area (Å²) in [5, 5.41) is 7.31. The van der Waals surface area contributed by atoms with Crippen molar-refractivity contribution in [2.24, 2.45) is 0 Å². The van der Waals surface area contributed by atoms with Crippen LogP contribution in [0.1, 0.15) is 21.7 Å². The summed E-state index contributed by atoms with van der Waals surface area (Å²) in [6.45, 7) is 1.79. The molecule has 0 unspecified atom stereocenters.